The van der Waals surface area contributed by atoms with Crippen LogP contribution in [0.1, 0.15) is 16.8 Å². The van der Waals surface area contributed by atoms with Crippen LogP contribution in [0.5, 0.6) is 0 Å². The average molecular weight is 254 g/mol. The first kappa shape index (κ1) is 12.2. The molecule has 1 aromatic rings. The first-order valence-corrected chi connectivity index (χ1v) is 5.06. The molecule has 1 aromatic carbocycles. The molecule has 7 heteroatoms. The number of rotatable bonds is 2. The molecule has 1 aliphatic heterocycles. The Kier molecular flexibility index (Phi) is 3.05. The predicted octanol–water partition coefficient (Wildman–Crippen LogP) is 0.110. The Morgan fingerprint density at radius 3 is 2.33 bits per heavy atom. The molecule has 0 spiro atoms. The molecule has 1 saturated heterocycles. The van der Waals surface area contributed by atoms with Crippen LogP contribution in [-0.4, -0.2) is 23.8 Å². The molecular formula is C11H8F2N2O3. The molecule has 0 bridgehead atoms. The molecule has 94 valence electrons. The van der Waals surface area contributed by atoms with Gasteiger partial charge in [-0.2, -0.15) is 0 Å². The number of hydrogen-bond donors (Lipinski definition) is 2. The van der Waals surface area contributed by atoms with Crippen molar-refractivity contribution in [3.05, 3.63) is 35.4 Å². The van der Waals surface area contributed by atoms with Crippen LogP contribution in [0, 0.1) is 11.6 Å². The van der Waals surface area contributed by atoms with Gasteiger partial charge in [0.1, 0.15) is 17.7 Å². The van der Waals surface area contributed by atoms with Crippen molar-refractivity contribution >= 4 is 17.7 Å². The Morgan fingerprint density at radius 2 is 1.83 bits per heavy atom. The lowest BCUT2D eigenvalue weighted by Crippen LogP contribution is -2.40. The molecule has 2 N–H and O–H groups in total. The standard InChI is InChI=1S/C11H8F2N2O3/c12-6-1-5(2-7(13)3-6)10(17)14-8-4-9(16)15-11(8)18/h1-3,8H,4H2,(H,14,17)(H,15,16,18). The average Bonchev–Trinajstić information content (AvgIpc) is 2.56. The van der Waals surface area contributed by atoms with Gasteiger partial charge in [-0.15, -0.1) is 0 Å². The third-order valence-corrected chi connectivity index (χ3v) is 2.40. The van der Waals surface area contributed by atoms with Crippen molar-refractivity contribution in [3.63, 3.8) is 0 Å². The van der Waals surface area contributed by atoms with Gasteiger partial charge in [-0.25, -0.2) is 8.78 Å². The number of halogens is 2. The monoisotopic (exact) mass is 254 g/mol. The number of carbonyl (C=O) groups is 3. The van der Waals surface area contributed by atoms with Gasteiger partial charge in [0.2, 0.25) is 11.8 Å². The highest BCUT2D eigenvalue weighted by Crippen LogP contribution is 2.09. The highest BCUT2D eigenvalue weighted by Gasteiger charge is 2.31. The summed E-state index contributed by atoms with van der Waals surface area (Å²) in [6, 6.07) is 1.30. The van der Waals surface area contributed by atoms with Crippen LogP contribution in [0.15, 0.2) is 18.2 Å². The Labute approximate surface area is 100 Å². The molecule has 5 nitrogen and oxygen atoms in total. The number of imide groups is 1. The molecule has 0 saturated carbocycles. The second kappa shape index (κ2) is 4.52. The van der Waals surface area contributed by atoms with Crippen molar-refractivity contribution < 1.29 is 23.2 Å². The maximum absolute atomic E-state index is 12.9. The summed E-state index contributed by atoms with van der Waals surface area (Å²) >= 11 is 0. The van der Waals surface area contributed by atoms with E-state index in [-0.39, 0.29) is 12.0 Å². The summed E-state index contributed by atoms with van der Waals surface area (Å²) in [6.07, 6.45) is -0.178. The minimum Gasteiger partial charge on any atom is -0.340 e. The highest BCUT2D eigenvalue weighted by molar-refractivity contribution is 6.08. The van der Waals surface area contributed by atoms with Gasteiger partial charge in [-0.1, -0.05) is 0 Å². The number of benzene rings is 1. The van der Waals surface area contributed by atoms with Crippen LogP contribution in [-0.2, 0) is 9.59 Å². The second-order valence-corrected chi connectivity index (χ2v) is 3.80. The Bertz CT molecular complexity index is 525. The first-order valence-electron chi connectivity index (χ1n) is 5.06. The minimum absolute atomic E-state index is 0.178. The van der Waals surface area contributed by atoms with E-state index in [9.17, 15) is 23.2 Å². The molecule has 0 aromatic heterocycles. The summed E-state index contributed by atoms with van der Waals surface area (Å²) < 4.78 is 25.8. The van der Waals surface area contributed by atoms with Gasteiger partial charge < -0.3 is 5.32 Å². The summed E-state index contributed by atoms with van der Waals surface area (Å²) in [6.45, 7) is 0. The molecule has 1 fully saturated rings. The molecule has 1 aliphatic rings. The molecule has 2 rings (SSSR count). The fraction of sp³-hybridized carbons (Fsp3) is 0.182. The lowest BCUT2D eigenvalue weighted by molar-refractivity contribution is -0.125. The van der Waals surface area contributed by atoms with E-state index >= 15 is 0 Å². The van der Waals surface area contributed by atoms with Crippen molar-refractivity contribution in [3.8, 4) is 0 Å². The van der Waals surface area contributed by atoms with E-state index in [0.717, 1.165) is 12.1 Å². The fourth-order valence-electron chi connectivity index (χ4n) is 1.60. The highest BCUT2D eigenvalue weighted by atomic mass is 19.1. The van der Waals surface area contributed by atoms with Crippen molar-refractivity contribution in [2.24, 2.45) is 0 Å². The van der Waals surface area contributed by atoms with Crippen LogP contribution < -0.4 is 10.6 Å². The molecule has 0 radical (unpaired) electrons. The van der Waals surface area contributed by atoms with Crippen LogP contribution in [0.25, 0.3) is 0 Å². The van der Waals surface area contributed by atoms with E-state index in [0.29, 0.717) is 6.07 Å². The van der Waals surface area contributed by atoms with Crippen LogP contribution in [0.2, 0.25) is 0 Å². The Hall–Kier alpha value is -2.31. The van der Waals surface area contributed by atoms with E-state index in [1.165, 1.54) is 0 Å². The quantitative estimate of drug-likeness (QED) is 0.735. The number of amides is 3. The normalized spacial score (nSPS) is 18.7. The summed E-state index contributed by atoms with van der Waals surface area (Å²) in [4.78, 5) is 33.7. The molecule has 1 atom stereocenters. The van der Waals surface area contributed by atoms with Crippen LogP contribution in [0.3, 0.4) is 0 Å². The number of carbonyl (C=O) groups excluding carboxylic acids is 3. The van der Waals surface area contributed by atoms with Gasteiger partial charge in [0, 0.05) is 11.6 Å². The lowest BCUT2D eigenvalue weighted by atomic mass is 10.1. The summed E-state index contributed by atoms with van der Waals surface area (Å²) in [5.41, 5.74) is -0.250. The first-order chi connectivity index (χ1) is 8.45. The fourth-order valence-corrected chi connectivity index (χ4v) is 1.60. The molecule has 18 heavy (non-hydrogen) atoms. The molecule has 1 unspecified atom stereocenters. The predicted molar refractivity (Wildman–Crippen MR) is 55.4 cm³/mol. The molecular weight excluding hydrogens is 246 g/mol. The van der Waals surface area contributed by atoms with Gasteiger partial charge in [0.15, 0.2) is 0 Å². The zero-order chi connectivity index (χ0) is 13.3. The Balaban J connectivity index is 2.12. The smallest absolute Gasteiger partial charge is 0.252 e. The minimum atomic E-state index is -1.00. The summed E-state index contributed by atoms with van der Waals surface area (Å²) in [7, 11) is 0. The molecule has 3 amide bonds. The van der Waals surface area contributed by atoms with Crippen molar-refractivity contribution in [1.29, 1.82) is 0 Å². The van der Waals surface area contributed by atoms with E-state index in [1.54, 1.807) is 0 Å². The lowest BCUT2D eigenvalue weighted by Gasteiger charge is -2.09. The maximum Gasteiger partial charge on any atom is 0.252 e. The van der Waals surface area contributed by atoms with Gasteiger partial charge in [-0.05, 0) is 12.1 Å². The van der Waals surface area contributed by atoms with Crippen LogP contribution in [0.4, 0.5) is 8.78 Å². The zero-order valence-electron chi connectivity index (χ0n) is 9.00. The zero-order valence-corrected chi connectivity index (χ0v) is 9.00. The number of nitrogens with one attached hydrogen (secondary N) is 2. The van der Waals surface area contributed by atoms with E-state index in [1.807, 2.05) is 5.32 Å². The number of hydrogen-bond acceptors (Lipinski definition) is 3. The van der Waals surface area contributed by atoms with Gasteiger partial charge in [0.25, 0.3) is 5.91 Å². The third kappa shape index (κ3) is 2.50. The van der Waals surface area contributed by atoms with E-state index in [4.69, 9.17) is 0 Å². The Morgan fingerprint density at radius 1 is 1.22 bits per heavy atom. The van der Waals surface area contributed by atoms with Crippen LogP contribution >= 0.6 is 0 Å². The second-order valence-electron chi connectivity index (χ2n) is 3.80. The molecule has 0 aliphatic carbocycles. The van der Waals surface area contributed by atoms with Crippen molar-refractivity contribution in [1.82, 2.24) is 10.6 Å². The molecule has 1 heterocycles. The topological polar surface area (TPSA) is 75.3 Å². The SMILES string of the molecule is O=C1CC(NC(=O)c2cc(F)cc(F)c2)C(=O)N1. The third-order valence-electron chi connectivity index (χ3n) is 2.40. The van der Waals surface area contributed by atoms with Gasteiger partial charge in [0.05, 0.1) is 6.42 Å². The summed E-state index contributed by atoms with van der Waals surface area (Å²) in [5, 5.41) is 4.23. The van der Waals surface area contributed by atoms with E-state index < -0.39 is 35.4 Å². The van der Waals surface area contributed by atoms with Gasteiger partial charge in [-0.3, -0.25) is 19.7 Å². The largest absolute Gasteiger partial charge is 0.340 e. The maximum atomic E-state index is 12.9. The van der Waals surface area contributed by atoms with Crippen molar-refractivity contribution in [2.45, 2.75) is 12.5 Å². The van der Waals surface area contributed by atoms with E-state index in [2.05, 4.69) is 5.32 Å². The van der Waals surface area contributed by atoms with Gasteiger partial charge >= 0.3 is 0 Å². The summed E-state index contributed by atoms with van der Waals surface area (Å²) in [5.74, 6) is -3.75. The van der Waals surface area contributed by atoms with Crippen molar-refractivity contribution in [2.75, 3.05) is 0 Å².